The van der Waals surface area contributed by atoms with Crippen molar-refractivity contribution in [1.82, 2.24) is 15.0 Å². The Balaban J connectivity index is 1.67. The monoisotopic (exact) mass is 377 g/mol. The van der Waals surface area contributed by atoms with Crippen molar-refractivity contribution < 1.29 is 9.84 Å². The highest BCUT2D eigenvalue weighted by molar-refractivity contribution is 5.68. The topological polar surface area (TPSA) is 92.2 Å². The fourth-order valence-electron chi connectivity index (χ4n) is 3.34. The van der Waals surface area contributed by atoms with Gasteiger partial charge in [0.05, 0.1) is 25.1 Å². The Bertz CT molecular complexity index is 1020. The van der Waals surface area contributed by atoms with E-state index in [1.807, 2.05) is 44.2 Å². The lowest BCUT2D eigenvalue weighted by molar-refractivity contribution is 0.218. The molecule has 3 heterocycles. The van der Waals surface area contributed by atoms with E-state index in [-0.39, 0.29) is 12.0 Å². The van der Waals surface area contributed by atoms with Crippen molar-refractivity contribution in [1.29, 1.82) is 0 Å². The molecule has 1 aliphatic heterocycles. The molecule has 3 aromatic rings. The number of aliphatic hydroxyl groups excluding tert-OH is 1. The number of methoxy groups -OCH3 is 1. The molecule has 1 aromatic carbocycles. The summed E-state index contributed by atoms with van der Waals surface area (Å²) < 4.78 is 5.41. The maximum atomic E-state index is 9.80. The fourth-order valence-corrected chi connectivity index (χ4v) is 3.34. The van der Waals surface area contributed by atoms with Crippen molar-refractivity contribution >= 4 is 17.5 Å². The van der Waals surface area contributed by atoms with E-state index in [4.69, 9.17) is 4.74 Å². The standard InChI is InChI=1S/C21H23N5O2/c1-13-4-5-18(28-3)17(8-13)26-20-22-7-6-16(25-20)14-9-15-19(23-10-14)24-11-21(15,2)12-27/h4-10,27H,11-12H2,1-3H3,(H,23,24)(H,22,25,26). The minimum Gasteiger partial charge on any atom is -0.495 e. The van der Waals surface area contributed by atoms with Gasteiger partial charge in [-0.05, 0) is 36.8 Å². The Morgan fingerprint density at radius 2 is 2.11 bits per heavy atom. The van der Waals surface area contributed by atoms with Gasteiger partial charge < -0.3 is 20.5 Å². The third-order valence-corrected chi connectivity index (χ3v) is 5.09. The molecule has 7 heteroatoms. The van der Waals surface area contributed by atoms with Gasteiger partial charge in [-0.1, -0.05) is 13.0 Å². The fraction of sp³-hybridized carbons (Fsp3) is 0.286. The lowest BCUT2D eigenvalue weighted by atomic mass is 9.85. The van der Waals surface area contributed by atoms with E-state index in [9.17, 15) is 5.11 Å². The van der Waals surface area contributed by atoms with Gasteiger partial charge in [-0.25, -0.2) is 15.0 Å². The summed E-state index contributed by atoms with van der Waals surface area (Å²) in [5.41, 5.74) is 4.21. The number of nitrogens with zero attached hydrogens (tertiary/aromatic N) is 3. The van der Waals surface area contributed by atoms with E-state index >= 15 is 0 Å². The van der Waals surface area contributed by atoms with E-state index < -0.39 is 0 Å². The Labute approximate surface area is 163 Å². The molecule has 7 nitrogen and oxygen atoms in total. The molecule has 0 bridgehead atoms. The maximum absolute atomic E-state index is 9.80. The first-order valence-corrected chi connectivity index (χ1v) is 9.13. The number of rotatable bonds is 5. The lowest BCUT2D eigenvalue weighted by Gasteiger charge is -2.20. The Kier molecular flexibility index (Phi) is 4.60. The van der Waals surface area contributed by atoms with Crippen LogP contribution in [0.3, 0.4) is 0 Å². The van der Waals surface area contributed by atoms with Crippen molar-refractivity contribution in [3.8, 4) is 17.0 Å². The molecule has 1 unspecified atom stereocenters. The van der Waals surface area contributed by atoms with Crippen molar-refractivity contribution in [2.45, 2.75) is 19.3 Å². The molecule has 3 N–H and O–H groups in total. The van der Waals surface area contributed by atoms with E-state index in [0.717, 1.165) is 39.6 Å². The molecule has 0 spiro atoms. The summed E-state index contributed by atoms with van der Waals surface area (Å²) in [6, 6.07) is 9.78. The Morgan fingerprint density at radius 1 is 1.25 bits per heavy atom. The second-order valence-corrected chi connectivity index (χ2v) is 7.29. The van der Waals surface area contributed by atoms with Gasteiger partial charge in [0.1, 0.15) is 11.6 Å². The van der Waals surface area contributed by atoms with Crippen LogP contribution in [-0.2, 0) is 5.41 Å². The third kappa shape index (κ3) is 3.25. The predicted octanol–water partition coefficient (Wildman–Crippen LogP) is 3.27. The number of nitrogens with one attached hydrogen (secondary N) is 2. The molecule has 0 fully saturated rings. The van der Waals surface area contributed by atoms with Gasteiger partial charge in [0, 0.05) is 35.5 Å². The second kappa shape index (κ2) is 7.09. The highest BCUT2D eigenvalue weighted by Gasteiger charge is 2.35. The predicted molar refractivity (Wildman–Crippen MR) is 109 cm³/mol. The highest BCUT2D eigenvalue weighted by Crippen LogP contribution is 2.37. The van der Waals surface area contributed by atoms with Gasteiger partial charge in [-0.3, -0.25) is 0 Å². The molecule has 0 saturated carbocycles. The van der Waals surface area contributed by atoms with Gasteiger partial charge in [0.25, 0.3) is 0 Å². The minimum atomic E-state index is -0.346. The number of anilines is 3. The molecule has 0 aliphatic carbocycles. The first-order valence-electron chi connectivity index (χ1n) is 9.13. The van der Waals surface area contributed by atoms with Crippen molar-refractivity contribution in [3.63, 3.8) is 0 Å². The van der Waals surface area contributed by atoms with Crippen molar-refractivity contribution in [2.75, 3.05) is 30.9 Å². The van der Waals surface area contributed by atoms with Gasteiger partial charge >= 0.3 is 0 Å². The van der Waals surface area contributed by atoms with Gasteiger partial charge in [0.2, 0.25) is 5.95 Å². The van der Waals surface area contributed by atoms with E-state index in [2.05, 4.69) is 25.6 Å². The molecule has 0 radical (unpaired) electrons. The molecule has 0 saturated heterocycles. The van der Waals surface area contributed by atoms with E-state index in [1.54, 1.807) is 19.5 Å². The zero-order valence-electron chi connectivity index (χ0n) is 16.2. The number of ether oxygens (including phenoxy) is 1. The normalized spacial score (nSPS) is 17.7. The molecule has 1 atom stereocenters. The van der Waals surface area contributed by atoms with Crippen molar-refractivity contribution in [2.24, 2.45) is 0 Å². The number of hydrogen-bond acceptors (Lipinski definition) is 7. The lowest BCUT2D eigenvalue weighted by Crippen LogP contribution is -2.28. The van der Waals surface area contributed by atoms with E-state index in [1.165, 1.54) is 0 Å². The van der Waals surface area contributed by atoms with Crippen LogP contribution in [0.15, 0.2) is 42.7 Å². The largest absolute Gasteiger partial charge is 0.495 e. The number of hydrogen-bond donors (Lipinski definition) is 3. The molecule has 144 valence electrons. The number of aliphatic hydroxyl groups is 1. The first-order chi connectivity index (χ1) is 13.5. The minimum absolute atomic E-state index is 0.0574. The number of aromatic nitrogens is 3. The molecular weight excluding hydrogens is 354 g/mol. The van der Waals surface area contributed by atoms with Crippen molar-refractivity contribution in [3.05, 3.63) is 53.9 Å². The number of fused-ring (bicyclic) bond motifs is 1. The van der Waals surface area contributed by atoms with Crippen LogP contribution >= 0.6 is 0 Å². The number of benzene rings is 1. The molecule has 4 rings (SSSR count). The Hall–Kier alpha value is -3.19. The van der Waals surface area contributed by atoms with Crippen LogP contribution in [0.2, 0.25) is 0 Å². The summed E-state index contributed by atoms with van der Waals surface area (Å²) in [7, 11) is 1.63. The third-order valence-electron chi connectivity index (χ3n) is 5.09. The van der Waals surface area contributed by atoms with Gasteiger partial charge in [-0.2, -0.15) is 0 Å². The summed E-state index contributed by atoms with van der Waals surface area (Å²) in [6.45, 7) is 4.76. The average molecular weight is 377 g/mol. The molecule has 0 amide bonds. The molecular formula is C21H23N5O2. The first kappa shape index (κ1) is 18.2. The zero-order valence-corrected chi connectivity index (χ0v) is 16.2. The smallest absolute Gasteiger partial charge is 0.227 e. The Morgan fingerprint density at radius 3 is 2.89 bits per heavy atom. The van der Waals surface area contributed by atoms with Crippen LogP contribution in [0.25, 0.3) is 11.3 Å². The maximum Gasteiger partial charge on any atom is 0.227 e. The van der Waals surface area contributed by atoms with Crippen LogP contribution in [0.5, 0.6) is 5.75 Å². The molecule has 2 aromatic heterocycles. The summed E-state index contributed by atoms with van der Waals surface area (Å²) in [6.07, 6.45) is 3.50. The summed E-state index contributed by atoms with van der Waals surface area (Å²) in [5, 5.41) is 16.3. The van der Waals surface area contributed by atoms with Gasteiger partial charge in [0.15, 0.2) is 0 Å². The second-order valence-electron chi connectivity index (χ2n) is 7.29. The number of pyridine rings is 1. The molecule has 1 aliphatic rings. The van der Waals surface area contributed by atoms with Crippen LogP contribution in [0.1, 0.15) is 18.1 Å². The van der Waals surface area contributed by atoms with Crippen LogP contribution in [-0.4, -0.2) is 40.3 Å². The highest BCUT2D eigenvalue weighted by atomic mass is 16.5. The number of aryl methyl sites for hydroxylation is 1. The SMILES string of the molecule is COc1ccc(C)cc1Nc1nccc(-c2cnc3c(c2)C(C)(CO)CN3)n1. The van der Waals surface area contributed by atoms with Crippen LogP contribution in [0, 0.1) is 6.92 Å². The van der Waals surface area contributed by atoms with E-state index in [0.29, 0.717) is 12.5 Å². The summed E-state index contributed by atoms with van der Waals surface area (Å²) in [5.74, 6) is 2.02. The zero-order chi connectivity index (χ0) is 19.7. The average Bonchev–Trinajstić information content (AvgIpc) is 3.05. The summed E-state index contributed by atoms with van der Waals surface area (Å²) >= 11 is 0. The molecule has 28 heavy (non-hydrogen) atoms. The van der Waals surface area contributed by atoms with Crippen LogP contribution < -0.4 is 15.4 Å². The summed E-state index contributed by atoms with van der Waals surface area (Å²) in [4.78, 5) is 13.5. The van der Waals surface area contributed by atoms with Crippen LogP contribution in [0.4, 0.5) is 17.5 Å². The quantitative estimate of drug-likeness (QED) is 0.628. The van der Waals surface area contributed by atoms with Gasteiger partial charge in [-0.15, -0.1) is 0 Å².